The Labute approximate surface area is 245 Å². The van der Waals surface area contributed by atoms with Gasteiger partial charge in [-0.3, -0.25) is 13.9 Å². The van der Waals surface area contributed by atoms with Gasteiger partial charge in [-0.25, -0.2) is 8.42 Å². The Morgan fingerprint density at radius 1 is 0.950 bits per heavy atom. The predicted molar refractivity (Wildman–Crippen MR) is 162 cm³/mol. The van der Waals surface area contributed by atoms with Crippen molar-refractivity contribution in [3.8, 4) is 5.75 Å². The number of carbonyl (C=O) groups is 2. The van der Waals surface area contributed by atoms with Crippen molar-refractivity contribution in [2.24, 2.45) is 0 Å². The van der Waals surface area contributed by atoms with Crippen LogP contribution in [-0.2, 0) is 32.6 Å². The van der Waals surface area contributed by atoms with Crippen molar-refractivity contribution >= 4 is 43.5 Å². The van der Waals surface area contributed by atoms with E-state index in [2.05, 4.69) is 21.2 Å². The summed E-state index contributed by atoms with van der Waals surface area (Å²) in [7, 11) is -2.45. The Bertz CT molecular complexity index is 1380. The Morgan fingerprint density at radius 3 is 2.17 bits per heavy atom. The average molecular weight is 631 g/mol. The second-order valence-corrected chi connectivity index (χ2v) is 12.4. The number of ether oxygens (including phenoxy) is 1. The minimum atomic E-state index is -3.89. The molecule has 2 unspecified atom stereocenters. The van der Waals surface area contributed by atoms with Gasteiger partial charge in [0.1, 0.15) is 18.3 Å². The van der Waals surface area contributed by atoms with Crippen molar-refractivity contribution in [1.29, 1.82) is 0 Å². The number of halogens is 1. The minimum Gasteiger partial charge on any atom is -0.495 e. The number of nitrogens with zero attached hydrogens (tertiary/aromatic N) is 2. The summed E-state index contributed by atoms with van der Waals surface area (Å²) >= 11 is 3.44. The van der Waals surface area contributed by atoms with Gasteiger partial charge in [-0.05, 0) is 48.7 Å². The van der Waals surface area contributed by atoms with E-state index in [1.54, 1.807) is 24.3 Å². The summed E-state index contributed by atoms with van der Waals surface area (Å²) in [5.74, 6) is -0.498. The lowest BCUT2D eigenvalue weighted by atomic mass is 10.0. The van der Waals surface area contributed by atoms with Crippen LogP contribution in [0.2, 0.25) is 0 Å². The van der Waals surface area contributed by atoms with Gasteiger partial charge < -0.3 is 15.0 Å². The van der Waals surface area contributed by atoms with Crippen LogP contribution in [0.5, 0.6) is 5.75 Å². The second-order valence-electron chi connectivity index (χ2n) is 9.61. The van der Waals surface area contributed by atoms with Crippen molar-refractivity contribution in [3.63, 3.8) is 0 Å². The normalized spacial score (nSPS) is 12.7. The number of sulfonamides is 1. The zero-order chi connectivity index (χ0) is 29.3. The molecule has 8 nitrogen and oxygen atoms in total. The largest absolute Gasteiger partial charge is 0.495 e. The van der Waals surface area contributed by atoms with Crippen LogP contribution < -0.4 is 14.4 Å². The molecule has 0 spiro atoms. The molecule has 10 heteroatoms. The second kappa shape index (κ2) is 14.3. The molecule has 3 rings (SSSR count). The van der Waals surface area contributed by atoms with Gasteiger partial charge in [0.2, 0.25) is 21.8 Å². The van der Waals surface area contributed by atoms with Crippen LogP contribution in [0, 0.1) is 0 Å². The molecule has 0 saturated carbocycles. The molecule has 0 fully saturated rings. The number of para-hydroxylation sites is 2. The first-order valence-corrected chi connectivity index (χ1v) is 15.7. The third kappa shape index (κ3) is 8.56. The molecule has 0 aliphatic heterocycles. The van der Waals surface area contributed by atoms with E-state index in [1.807, 2.05) is 68.4 Å². The van der Waals surface area contributed by atoms with Gasteiger partial charge in [-0.2, -0.15) is 0 Å². The number of hydrogen-bond acceptors (Lipinski definition) is 5. The quantitative estimate of drug-likeness (QED) is 0.294. The maximum atomic E-state index is 14.1. The maximum Gasteiger partial charge on any atom is 0.244 e. The molecule has 0 heterocycles. The van der Waals surface area contributed by atoms with E-state index in [4.69, 9.17) is 4.74 Å². The first kappa shape index (κ1) is 31.2. The van der Waals surface area contributed by atoms with Crippen LogP contribution in [0.1, 0.15) is 31.4 Å². The first-order valence-electron chi connectivity index (χ1n) is 13.0. The molecule has 2 atom stereocenters. The number of benzene rings is 3. The van der Waals surface area contributed by atoms with E-state index in [-0.39, 0.29) is 30.6 Å². The van der Waals surface area contributed by atoms with Crippen molar-refractivity contribution < 1.29 is 22.7 Å². The van der Waals surface area contributed by atoms with E-state index >= 15 is 0 Å². The minimum absolute atomic E-state index is 0.100. The summed E-state index contributed by atoms with van der Waals surface area (Å²) in [5.41, 5.74) is 1.92. The van der Waals surface area contributed by atoms with E-state index in [0.29, 0.717) is 5.75 Å². The van der Waals surface area contributed by atoms with Gasteiger partial charge in [0.15, 0.2) is 0 Å². The number of carbonyl (C=O) groups excluding carboxylic acids is 2. The molecular weight excluding hydrogens is 594 g/mol. The van der Waals surface area contributed by atoms with Crippen LogP contribution in [0.3, 0.4) is 0 Å². The van der Waals surface area contributed by atoms with Crippen molar-refractivity contribution in [2.75, 3.05) is 24.2 Å². The first-order chi connectivity index (χ1) is 19.0. The average Bonchev–Trinajstić information content (AvgIpc) is 2.94. The molecule has 0 radical (unpaired) electrons. The van der Waals surface area contributed by atoms with Gasteiger partial charge in [-0.1, -0.05) is 77.5 Å². The van der Waals surface area contributed by atoms with Crippen molar-refractivity contribution in [1.82, 2.24) is 10.2 Å². The highest BCUT2D eigenvalue weighted by atomic mass is 79.9. The standard InChI is InChI=1S/C30H36BrN3O5S/c1-5-22(2)32-30(36)27(19-23-11-7-6-8-12-23)33(20-24-15-17-25(31)18-16-24)29(35)21-34(40(4,37)38)26-13-9-10-14-28(26)39-3/h6-18,22,27H,5,19-21H2,1-4H3,(H,32,36). The fourth-order valence-electron chi connectivity index (χ4n) is 4.21. The number of hydrogen-bond donors (Lipinski definition) is 1. The highest BCUT2D eigenvalue weighted by Gasteiger charge is 2.34. The van der Waals surface area contributed by atoms with Crippen LogP contribution in [0.15, 0.2) is 83.3 Å². The van der Waals surface area contributed by atoms with Gasteiger partial charge in [0, 0.05) is 23.5 Å². The summed E-state index contributed by atoms with van der Waals surface area (Å²) in [5, 5.41) is 3.02. The topological polar surface area (TPSA) is 96.0 Å². The third-order valence-corrected chi connectivity index (χ3v) is 8.23. The van der Waals surface area contributed by atoms with Crippen LogP contribution in [-0.4, -0.2) is 57.1 Å². The summed E-state index contributed by atoms with van der Waals surface area (Å²) in [4.78, 5) is 29.3. The van der Waals surface area contributed by atoms with Crippen molar-refractivity contribution in [2.45, 2.75) is 45.3 Å². The Kier molecular flexibility index (Phi) is 11.2. The Hall–Kier alpha value is -3.37. The number of anilines is 1. The Balaban J connectivity index is 2.07. The SMILES string of the molecule is CCC(C)NC(=O)C(Cc1ccccc1)N(Cc1ccc(Br)cc1)C(=O)CN(c1ccccc1OC)S(C)(=O)=O. The van der Waals surface area contributed by atoms with E-state index < -0.39 is 28.5 Å². The molecule has 1 N–H and O–H groups in total. The maximum absolute atomic E-state index is 14.1. The van der Waals surface area contributed by atoms with Gasteiger partial charge in [0.05, 0.1) is 19.1 Å². The number of amides is 2. The van der Waals surface area contributed by atoms with Gasteiger partial charge in [-0.15, -0.1) is 0 Å². The molecule has 0 aliphatic rings. The van der Waals surface area contributed by atoms with E-state index in [9.17, 15) is 18.0 Å². The highest BCUT2D eigenvalue weighted by Crippen LogP contribution is 2.30. The van der Waals surface area contributed by atoms with Gasteiger partial charge in [0.25, 0.3) is 0 Å². The zero-order valence-corrected chi connectivity index (χ0v) is 25.6. The Morgan fingerprint density at radius 2 is 1.57 bits per heavy atom. The van der Waals surface area contributed by atoms with E-state index in [0.717, 1.165) is 32.6 Å². The molecule has 3 aromatic carbocycles. The number of rotatable bonds is 13. The number of methoxy groups -OCH3 is 1. The summed E-state index contributed by atoms with van der Waals surface area (Å²) in [6, 6.07) is 22.6. The highest BCUT2D eigenvalue weighted by molar-refractivity contribution is 9.10. The monoisotopic (exact) mass is 629 g/mol. The molecule has 0 bridgehead atoms. The number of nitrogens with one attached hydrogen (secondary N) is 1. The lowest BCUT2D eigenvalue weighted by Crippen LogP contribution is -2.54. The van der Waals surface area contributed by atoms with Crippen LogP contribution in [0.4, 0.5) is 5.69 Å². The summed E-state index contributed by atoms with van der Waals surface area (Å²) < 4.78 is 33.2. The third-order valence-electron chi connectivity index (χ3n) is 6.57. The fourth-order valence-corrected chi connectivity index (χ4v) is 5.33. The lowest BCUT2D eigenvalue weighted by molar-refractivity contribution is -0.140. The molecule has 40 heavy (non-hydrogen) atoms. The zero-order valence-electron chi connectivity index (χ0n) is 23.2. The molecule has 0 aromatic heterocycles. The lowest BCUT2D eigenvalue weighted by Gasteiger charge is -2.34. The summed E-state index contributed by atoms with van der Waals surface area (Å²) in [6.07, 6.45) is 2.03. The van der Waals surface area contributed by atoms with E-state index in [1.165, 1.54) is 12.0 Å². The predicted octanol–water partition coefficient (Wildman–Crippen LogP) is 4.78. The molecular formula is C30H36BrN3O5S. The molecule has 3 aromatic rings. The smallest absolute Gasteiger partial charge is 0.244 e. The van der Waals surface area contributed by atoms with Gasteiger partial charge >= 0.3 is 0 Å². The molecule has 0 aliphatic carbocycles. The van der Waals surface area contributed by atoms with Crippen LogP contribution >= 0.6 is 15.9 Å². The van der Waals surface area contributed by atoms with Crippen molar-refractivity contribution in [3.05, 3.63) is 94.5 Å². The molecule has 214 valence electrons. The molecule has 2 amide bonds. The molecule has 0 saturated heterocycles. The van der Waals surface area contributed by atoms with Crippen LogP contribution in [0.25, 0.3) is 0 Å². The summed E-state index contributed by atoms with van der Waals surface area (Å²) in [6.45, 7) is 3.49. The fraction of sp³-hybridized carbons (Fsp3) is 0.333.